The average Bonchev–Trinajstić information content (AvgIpc) is 0. The predicted molar refractivity (Wildman–Crippen MR) is 46.0 cm³/mol. The van der Waals surface area contributed by atoms with Crippen molar-refractivity contribution in [3.05, 3.63) is 0 Å². The maximum Gasteiger partial charge on any atom is 0 e. The molecule has 0 spiro atoms. The molecule has 0 atom stereocenters. The van der Waals surface area contributed by atoms with Crippen LogP contribution in [-0.4, -0.2) is 301 Å². The van der Waals surface area contributed by atoms with Crippen molar-refractivity contribution in [3.8, 4) is 0 Å². The van der Waals surface area contributed by atoms with Crippen LogP contribution in [0.1, 0.15) is 0 Å². The van der Waals surface area contributed by atoms with Crippen LogP contribution in [0.4, 0.5) is 0 Å². The topological polar surface area (TPSA) is 0 Å². The van der Waals surface area contributed by atoms with E-state index < -0.39 is 0 Å². The summed E-state index contributed by atoms with van der Waals surface area (Å²) in [5, 5.41) is 0. The predicted octanol–water partition coefficient (Wildman–Crippen LogP) is -3.05. The quantitative estimate of drug-likeness (QED) is 0.250. The first-order valence-corrected chi connectivity index (χ1v) is 0. The largest absolute Gasteiger partial charge is 0 e. The van der Waals surface area contributed by atoms with Gasteiger partial charge in [0.15, 0.2) is 0 Å². The Bertz CT molecular complexity index is 8.00. The Morgan fingerprint density at radius 3 is 0.250 bits per heavy atom. The fraction of sp³-hybridized carbons (Fsp3) is 0. The van der Waals surface area contributed by atoms with Gasteiger partial charge in [-0.15, -0.1) is 0 Å². The summed E-state index contributed by atoms with van der Waals surface area (Å²) >= 11 is 0. The fourth-order valence-corrected chi connectivity index (χ4v) is 0. The molecular formula is K4Sn4. The van der Waals surface area contributed by atoms with Gasteiger partial charge in [0.2, 0.25) is 0 Å². The van der Waals surface area contributed by atoms with Crippen molar-refractivity contribution in [1.82, 2.24) is 0 Å². The van der Waals surface area contributed by atoms with Crippen molar-refractivity contribution < 1.29 is 0 Å². The molecule has 8 heteroatoms. The molecule has 0 unspecified atom stereocenters. The van der Waals surface area contributed by atoms with Gasteiger partial charge in [0.05, 0.1) is 0 Å². The molecule has 0 aromatic rings. The van der Waals surface area contributed by atoms with Crippen LogP contribution in [0.25, 0.3) is 0 Å². The zero-order valence-corrected chi connectivity index (χ0v) is 29.9. The maximum atomic E-state index is 0. The molecule has 20 radical (unpaired) electrons. The van der Waals surface area contributed by atoms with Crippen molar-refractivity contribution >= 4 is 301 Å². The molecule has 0 aliphatic rings. The van der Waals surface area contributed by atoms with Crippen molar-refractivity contribution in [2.45, 2.75) is 0 Å². The normalized spacial score (nSPS) is 0. The summed E-state index contributed by atoms with van der Waals surface area (Å²) in [6, 6.07) is 0. The van der Waals surface area contributed by atoms with Crippen LogP contribution in [0.3, 0.4) is 0 Å². The van der Waals surface area contributed by atoms with Gasteiger partial charge in [-0.25, -0.2) is 0 Å². The molecule has 20 valence electrons. The number of hydrogen-bond donors (Lipinski definition) is 0. The molecule has 0 saturated heterocycles. The molecule has 0 nitrogen and oxygen atoms in total. The van der Waals surface area contributed by atoms with Gasteiger partial charge in [0.1, 0.15) is 0 Å². The Hall–Kier alpha value is 9.74. The minimum atomic E-state index is 0. The van der Waals surface area contributed by atoms with Gasteiger partial charge < -0.3 is 0 Å². The van der Waals surface area contributed by atoms with E-state index >= 15 is 0 Å². The van der Waals surface area contributed by atoms with Crippen LogP contribution in [0.15, 0.2) is 0 Å². The van der Waals surface area contributed by atoms with Gasteiger partial charge >= 0.3 is 0 Å². The number of hydrogen-bond acceptors (Lipinski definition) is 0. The third kappa shape index (κ3) is 36.0. The second-order valence-electron chi connectivity index (χ2n) is 0. The summed E-state index contributed by atoms with van der Waals surface area (Å²) in [4.78, 5) is 0. The van der Waals surface area contributed by atoms with E-state index in [1.807, 2.05) is 0 Å². The molecule has 0 fully saturated rings. The molecule has 0 aromatic carbocycles. The smallest absolute Gasteiger partial charge is 0 e. The van der Waals surface area contributed by atoms with Crippen molar-refractivity contribution in [2.75, 3.05) is 0 Å². The molecule has 0 amide bonds. The fourth-order valence-electron chi connectivity index (χ4n) is 0. The summed E-state index contributed by atoms with van der Waals surface area (Å²) in [6.07, 6.45) is 0. The van der Waals surface area contributed by atoms with E-state index in [2.05, 4.69) is 0 Å². The monoisotopic (exact) mass is 635 g/mol. The first-order valence-electron chi connectivity index (χ1n) is 0. The molecule has 0 bridgehead atoms. The summed E-state index contributed by atoms with van der Waals surface area (Å²) in [6.45, 7) is 0. The molecule has 0 saturated carbocycles. The first kappa shape index (κ1) is 52.4. The first-order chi connectivity index (χ1) is 0. The van der Waals surface area contributed by atoms with Crippen molar-refractivity contribution in [2.24, 2.45) is 0 Å². The second-order valence-corrected chi connectivity index (χ2v) is 0. The zero-order valence-electron chi connectivity index (χ0n) is 6.00. The second kappa shape index (κ2) is 43.7. The molecular weight excluding hydrogens is 631 g/mol. The van der Waals surface area contributed by atoms with Gasteiger partial charge in [0, 0.05) is 301 Å². The molecule has 0 aliphatic heterocycles. The Morgan fingerprint density at radius 1 is 0.250 bits per heavy atom. The van der Waals surface area contributed by atoms with E-state index in [-0.39, 0.29) is 301 Å². The number of rotatable bonds is 0. The van der Waals surface area contributed by atoms with Gasteiger partial charge in [-0.2, -0.15) is 0 Å². The summed E-state index contributed by atoms with van der Waals surface area (Å²) < 4.78 is 0. The standard InChI is InChI=1S/4K.4Sn. The Morgan fingerprint density at radius 2 is 0.250 bits per heavy atom. The Labute approximate surface area is 289 Å². The van der Waals surface area contributed by atoms with E-state index in [9.17, 15) is 0 Å². The van der Waals surface area contributed by atoms with E-state index in [1.165, 1.54) is 0 Å². The third-order valence-corrected chi connectivity index (χ3v) is 0. The molecule has 0 N–H and O–H groups in total. The van der Waals surface area contributed by atoms with Crippen molar-refractivity contribution in [3.63, 3.8) is 0 Å². The van der Waals surface area contributed by atoms with Gasteiger partial charge in [-0.3, -0.25) is 0 Å². The summed E-state index contributed by atoms with van der Waals surface area (Å²) in [5.41, 5.74) is 0. The SMILES string of the molecule is [K].[K].[K].[K].[Sn].[Sn].[Sn].[Sn]. The van der Waals surface area contributed by atoms with E-state index in [0.29, 0.717) is 0 Å². The molecule has 0 aromatic heterocycles. The average molecular weight is 631 g/mol. The van der Waals surface area contributed by atoms with Crippen LogP contribution in [0.2, 0.25) is 0 Å². The Kier molecular flexibility index (Phi) is 286. The maximum absolute atomic E-state index is 0. The third-order valence-electron chi connectivity index (χ3n) is 0. The summed E-state index contributed by atoms with van der Waals surface area (Å²) in [7, 11) is 0. The van der Waals surface area contributed by atoms with Crippen molar-refractivity contribution in [1.29, 1.82) is 0 Å². The minimum Gasteiger partial charge on any atom is 0 e. The van der Waals surface area contributed by atoms with Gasteiger partial charge in [-0.1, -0.05) is 0 Å². The van der Waals surface area contributed by atoms with Crippen LogP contribution in [0, 0.1) is 0 Å². The van der Waals surface area contributed by atoms with Crippen LogP contribution < -0.4 is 0 Å². The van der Waals surface area contributed by atoms with Gasteiger partial charge in [-0.05, 0) is 0 Å². The summed E-state index contributed by atoms with van der Waals surface area (Å²) in [5.74, 6) is 0. The van der Waals surface area contributed by atoms with E-state index in [1.54, 1.807) is 0 Å². The van der Waals surface area contributed by atoms with Crippen LogP contribution >= 0.6 is 0 Å². The Balaban J connectivity index is 0. The molecule has 0 rings (SSSR count). The minimum absolute atomic E-state index is 0. The zero-order chi connectivity index (χ0) is 0. The van der Waals surface area contributed by atoms with Crippen LogP contribution in [-0.2, 0) is 0 Å². The van der Waals surface area contributed by atoms with Gasteiger partial charge in [0.25, 0.3) is 0 Å². The molecule has 0 heterocycles. The molecule has 0 aliphatic carbocycles. The van der Waals surface area contributed by atoms with Crippen LogP contribution in [0.5, 0.6) is 0 Å². The molecule has 8 heavy (non-hydrogen) atoms. The van der Waals surface area contributed by atoms with E-state index in [4.69, 9.17) is 0 Å². The van der Waals surface area contributed by atoms with E-state index in [0.717, 1.165) is 0 Å².